The lowest BCUT2D eigenvalue weighted by Crippen LogP contribution is -2.22. The van der Waals surface area contributed by atoms with Gasteiger partial charge < -0.3 is 10.0 Å². The van der Waals surface area contributed by atoms with Crippen LogP contribution in [0.5, 0.6) is 0 Å². The Kier molecular flexibility index (Phi) is 3.96. The van der Waals surface area contributed by atoms with Crippen LogP contribution in [0.3, 0.4) is 0 Å². The molecule has 104 valence electrons. The molecule has 0 bridgehead atoms. The molecular weight excluding hydrogens is 268 g/mol. The van der Waals surface area contributed by atoms with Gasteiger partial charge in [0.15, 0.2) is 0 Å². The molecule has 0 amide bonds. The first-order chi connectivity index (χ1) is 8.93. The van der Waals surface area contributed by atoms with E-state index in [1.807, 2.05) is 6.92 Å². The first-order valence-electron chi connectivity index (χ1n) is 6.24. The number of hydrogen-bond acceptors (Lipinski definition) is 4. The minimum atomic E-state index is -0.439. The summed E-state index contributed by atoms with van der Waals surface area (Å²) in [7, 11) is 0. The molecule has 0 radical (unpaired) electrons. The maximum atomic E-state index is 10.8. The Labute approximate surface area is 116 Å². The van der Waals surface area contributed by atoms with Crippen molar-refractivity contribution in [3.63, 3.8) is 0 Å². The Hall–Kier alpha value is -1.33. The molecule has 1 fully saturated rings. The summed E-state index contributed by atoms with van der Waals surface area (Å²) < 4.78 is 0. The second-order valence-electron chi connectivity index (χ2n) is 5.18. The number of benzene rings is 1. The molecule has 6 heteroatoms. The molecule has 19 heavy (non-hydrogen) atoms. The number of aryl methyl sites for hydroxylation is 1. The molecule has 1 aliphatic heterocycles. The minimum absolute atomic E-state index is 0.0113. The lowest BCUT2D eigenvalue weighted by atomic mass is 10.00. The van der Waals surface area contributed by atoms with E-state index in [1.54, 1.807) is 0 Å². The van der Waals surface area contributed by atoms with Gasteiger partial charge in [0.25, 0.3) is 5.69 Å². The number of nitro benzene ring substituents is 1. The molecule has 5 nitrogen and oxygen atoms in total. The molecular formula is C13H17ClN2O3. The molecule has 0 unspecified atom stereocenters. The van der Waals surface area contributed by atoms with E-state index in [4.69, 9.17) is 11.6 Å². The van der Waals surface area contributed by atoms with Crippen LogP contribution in [-0.4, -0.2) is 29.7 Å². The minimum Gasteiger partial charge on any atom is -0.396 e. The van der Waals surface area contributed by atoms with Crippen molar-refractivity contribution >= 4 is 23.0 Å². The topological polar surface area (TPSA) is 66.6 Å². The largest absolute Gasteiger partial charge is 0.396 e. The maximum Gasteiger partial charge on any atom is 0.271 e. The fourth-order valence-electron chi connectivity index (χ4n) is 2.68. The first kappa shape index (κ1) is 14.1. The van der Waals surface area contributed by atoms with Crippen LogP contribution < -0.4 is 4.90 Å². The number of aliphatic hydroxyl groups excluding tert-OH is 1. The number of anilines is 1. The normalized spacial score (nSPS) is 22.8. The van der Waals surface area contributed by atoms with Crippen LogP contribution in [0.25, 0.3) is 0 Å². The highest BCUT2D eigenvalue weighted by atomic mass is 35.5. The molecule has 1 aliphatic rings. The van der Waals surface area contributed by atoms with Crippen LogP contribution in [0.4, 0.5) is 11.4 Å². The van der Waals surface area contributed by atoms with Gasteiger partial charge in [-0.3, -0.25) is 10.1 Å². The summed E-state index contributed by atoms with van der Waals surface area (Å²) in [4.78, 5) is 12.5. The van der Waals surface area contributed by atoms with Gasteiger partial charge in [0.1, 0.15) is 0 Å². The third-order valence-electron chi connectivity index (χ3n) is 3.77. The molecule has 1 saturated heterocycles. The van der Waals surface area contributed by atoms with Gasteiger partial charge in [-0.25, -0.2) is 0 Å². The number of aliphatic hydroxyl groups is 1. The van der Waals surface area contributed by atoms with Gasteiger partial charge in [-0.2, -0.15) is 0 Å². The Morgan fingerprint density at radius 2 is 2.21 bits per heavy atom. The summed E-state index contributed by atoms with van der Waals surface area (Å²) in [6.45, 7) is 5.61. The summed E-state index contributed by atoms with van der Waals surface area (Å²) >= 11 is 6.19. The lowest BCUT2D eigenvalue weighted by Gasteiger charge is -2.22. The average Bonchev–Trinajstić information content (AvgIpc) is 2.69. The van der Waals surface area contributed by atoms with Gasteiger partial charge in [-0.05, 0) is 18.4 Å². The van der Waals surface area contributed by atoms with E-state index >= 15 is 0 Å². The van der Waals surface area contributed by atoms with E-state index in [2.05, 4.69) is 11.8 Å². The van der Waals surface area contributed by atoms with Gasteiger partial charge >= 0.3 is 0 Å². The van der Waals surface area contributed by atoms with Crippen molar-refractivity contribution in [3.05, 3.63) is 32.8 Å². The summed E-state index contributed by atoms with van der Waals surface area (Å²) in [5.41, 5.74) is 1.65. The summed E-state index contributed by atoms with van der Waals surface area (Å²) in [5.74, 6) is 0.612. The number of rotatable bonds is 3. The SMILES string of the molecule is Cc1cc([N+](=O)[O-])cc(Cl)c1N1C[C@@H](CO)[C@H](C)C1. The smallest absolute Gasteiger partial charge is 0.271 e. The number of halogens is 1. The quantitative estimate of drug-likeness (QED) is 0.684. The zero-order valence-corrected chi connectivity index (χ0v) is 11.7. The van der Waals surface area contributed by atoms with Crippen LogP contribution in [0, 0.1) is 28.9 Å². The van der Waals surface area contributed by atoms with E-state index < -0.39 is 4.92 Å². The Morgan fingerprint density at radius 3 is 2.68 bits per heavy atom. The van der Waals surface area contributed by atoms with Crippen molar-refractivity contribution in [2.24, 2.45) is 11.8 Å². The van der Waals surface area contributed by atoms with Crippen LogP contribution in [0.2, 0.25) is 5.02 Å². The predicted molar refractivity (Wildman–Crippen MR) is 74.8 cm³/mol. The highest BCUT2D eigenvalue weighted by Gasteiger charge is 2.31. The highest BCUT2D eigenvalue weighted by Crippen LogP contribution is 2.37. The summed E-state index contributed by atoms with van der Waals surface area (Å²) in [6.07, 6.45) is 0. The van der Waals surface area contributed by atoms with Crippen molar-refractivity contribution in [2.45, 2.75) is 13.8 Å². The second kappa shape index (κ2) is 5.35. The standard InChI is InChI=1S/C13H17ClN2O3/c1-8-3-11(16(18)19)4-12(14)13(8)15-5-9(2)10(6-15)7-17/h3-4,9-10,17H,5-7H2,1-2H3/t9-,10+/m1/s1. The zero-order chi connectivity index (χ0) is 14.2. The van der Waals surface area contributed by atoms with E-state index in [0.717, 1.165) is 24.3 Å². The number of nitro groups is 1. The fourth-order valence-corrected chi connectivity index (χ4v) is 3.06. The Balaban J connectivity index is 2.34. The van der Waals surface area contributed by atoms with Crippen LogP contribution in [0.1, 0.15) is 12.5 Å². The molecule has 0 spiro atoms. The van der Waals surface area contributed by atoms with Crippen LogP contribution in [-0.2, 0) is 0 Å². The Morgan fingerprint density at radius 1 is 1.53 bits per heavy atom. The van der Waals surface area contributed by atoms with E-state index in [1.165, 1.54) is 12.1 Å². The fraction of sp³-hybridized carbons (Fsp3) is 0.538. The van der Waals surface area contributed by atoms with Gasteiger partial charge in [0.2, 0.25) is 0 Å². The number of hydrogen-bond donors (Lipinski definition) is 1. The maximum absolute atomic E-state index is 10.8. The molecule has 1 heterocycles. The molecule has 1 aromatic rings. The molecule has 0 aromatic heterocycles. The molecule has 1 aromatic carbocycles. The van der Waals surface area contributed by atoms with E-state index in [9.17, 15) is 15.2 Å². The lowest BCUT2D eigenvalue weighted by molar-refractivity contribution is -0.384. The number of non-ortho nitro benzene ring substituents is 1. The first-order valence-corrected chi connectivity index (χ1v) is 6.62. The van der Waals surface area contributed by atoms with Gasteiger partial charge in [0, 0.05) is 37.7 Å². The average molecular weight is 285 g/mol. The predicted octanol–water partition coefficient (Wildman–Crippen LogP) is 2.62. The van der Waals surface area contributed by atoms with E-state index in [0.29, 0.717) is 10.9 Å². The van der Waals surface area contributed by atoms with Gasteiger partial charge in [0.05, 0.1) is 15.6 Å². The third kappa shape index (κ3) is 2.67. The monoisotopic (exact) mass is 284 g/mol. The van der Waals surface area contributed by atoms with Crippen LogP contribution in [0.15, 0.2) is 12.1 Å². The van der Waals surface area contributed by atoms with Crippen molar-refractivity contribution in [1.29, 1.82) is 0 Å². The Bertz CT molecular complexity index is 484. The van der Waals surface area contributed by atoms with Crippen molar-refractivity contribution < 1.29 is 10.0 Å². The molecule has 2 atom stereocenters. The van der Waals surface area contributed by atoms with E-state index in [-0.39, 0.29) is 18.2 Å². The van der Waals surface area contributed by atoms with Gasteiger partial charge in [-0.1, -0.05) is 18.5 Å². The van der Waals surface area contributed by atoms with Crippen molar-refractivity contribution in [2.75, 3.05) is 24.6 Å². The number of nitrogens with zero attached hydrogens (tertiary/aromatic N) is 2. The molecule has 2 rings (SSSR count). The van der Waals surface area contributed by atoms with Crippen molar-refractivity contribution in [1.82, 2.24) is 0 Å². The molecule has 0 saturated carbocycles. The molecule has 0 aliphatic carbocycles. The zero-order valence-electron chi connectivity index (χ0n) is 11.0. The molecule has 1 N–H and O–H groups in total. The van der Waals surface area contributed by atoms with Crippen molar-refractivity contribution in [3.8, 4) is 0 Å². The summed E-state index contributed by atoms with van der Waals surface area (Å²) in [6, 6.07) is 2.93. The van der Waals surface area contributed by atoms with Gasteiger partial charge in [-0.15, -0.1) is 0 Å². The summed E-state index contributed by atoms with van der Waals surface area (Å²) in [5, 5.41) is 20.5. The highest BCUT2D eigenvalue weighted by molar-refractivity contribution is 6.33. The van der Waals surface area contributed by atoms with Crippen LogP contribution >= 0.6 is 11.6 Å². The third-order valence-corrected chi connectivity index (χ3v) is 4.06. The second-order valence-corrected chi connectivity index (χ2v) is 5.58.